The summed E-state index contributed by atoms with van der Waals surface area (Å²) in [7, 11) is 3.25. The van der Waals surface area contributed by atoms with E-state index in [-0.39, 0.29) is 36.1 Å². The van der Waals surface area contributed by atoms with Gasteiger partial charge in [-0.05, 0) is 56.9 Å². The van der Waals surface area contributed by atoms with Crippen LogP contribution in [0, 0.1) is 12.8 Å². The number of aromatic nitrogens is 4. The number of methoxy groups -OCH3 is 1. The van der Waals surface area contributed by atoms with E-state index < -0.39 is 6.04 Å². The highest BCUT2D eigenvalue weighted by molar-refractivity contribution is 5.98. The zero-order chi connectivity index (χ0) is 28.3. The first kappa shape index (κ1) is 28.1. The largest absolute Gasteiger partial charge is 0.497 e. The summed E-state index contributed by atoms with van der Waals surface area (Å²) in [5.41, 5.74) is 1.31. The van der Waals surface area contributed by atoms with Crippen LogP contribution in [0.25, 0.3) is 10.9 Å². The smallest absolute Gasteiger partial charge is 0.270 e. The van der Waals surface area contributed by atoms with E-state index in [2.05, 4.69) is 34.2 Å². The molecular weight excluding hydrogens is 498 g/mol. The van der Waals surface area contributed by atoms with Crippen LogP contribution < -0.4 is 10.1 Å². The van der Waals surface area contributed by atoms with E-state index in [4.69, 9.17) is 4.74 Å². The number of rotatable bonds is 4. The Kier molecular flexibility index (Phi) is 8.57. The molecule has 3 aromatic rings. The molecule has 0 unspecified atom stereocenters. The SMILES string of the molecule is COc1ccc2[nH]c(C(=O)N3CCCC(=O)N(C)[C@@H](C)C(=O)N[C@H](CC(C)C)c4nc(C)nn4CC3)cc2c1. The number of aryl methyl sites for hydroxylation is 1. The summed E-state index contributed by atoms with van der Waals surface area (Å²) in [4.78, 5) is 50.9. The van der Waals surface area contributed by atoms with Gasteiger partial charge in [0.2, 0.25) is 11.8 Å². The molecule has 11 nitrogen and oxygen atoms in total. The van der Waals surface area contributed by atoms with Crippen LogP contribution in [0.1, 0.15) is 68.2 Å². The van der Waals surface area contributed by atoms with Crippen LogP contribution in [0.15, 0.2) is 24.3 Å². The van der Waals surface area contributed by atoms with Gasteiger partial charge in [0.25, 0.3) is 5.91 Å². The van der Waals surface area contributed by atoms with Crippen molar-refractivity contribution in [2.75, 3.05) is 27.2 Å². The number of hydrogen-bond donors (Lipinski definition) is 2. The summed E-state index contributed by atoms with van der Waals surface area (Å²) >= 11 is 0. The van der Waals surface area contributed by atoms with Crippen LogP contribution in [0.4, 0.5) is 0 Å². The van der Waals surface area contributed by atoms with Crippen molar-refractivity contribution in [3.63, 3.8) is 0 Å². The first-order valence-electron chi connectivity index (χ1n) is 13.5. The van der Waals surface area contributed by atoms with Crippen LogP contribution in [0.2, 0.25) is 0 Å². The molecule has 0 bridgehead atoms. The second-order valence-electron chi connectivity index (χ2n) is 10.6. The number of aromatic amines is 1. The minimum absolute atomic E-state index is 0.140. The number of hydrogen-bond acceptors (Lipinski definition) is 6. The van der Waals surface area contributed by atoms with Crippen LogP contribution >= 0.6 is 0 Å². The third kappa shape index (κ3) is 6.40. The highest BCUT2D eigenvalue weighted by atomic mass is 16.5. The number of nitrogens with one attached hydrogen (secondary N) is 2. The molecule has 2 atom stereocenters. The number of H-pyrrole nitrogens is 1. The van der Waals surface area contributed by atoms with Crippen molar-refractivity contribution in [3.8, 4) is 5.75 Å². The van der Waals surface area contributed by atoms with Gasteiger partial charge in [0.1, 0.15) is 29.1 Å². The molecule has 0 aliphatic carbocycles. The van der Waals surface area contributed by atoms with Crippen molar-refractivity contribution < 1.29 is 19.1 Å². The van der Waals surface area contributed by atoms with Gasteiger partial charge < -0.3 is 24.8 Å². The van der Waals surface area contributed by atoms with Gasteiger partial charge in [-0.15, -0.1) is 0 Å². The summed E-state index contributed by atoms with van der Waals surface area (Å²) in [5.74, 6) is 1.72. The number of ether oxygens (including phenoxy) is 1. The van der Waals surface area contributed by atoms with E-state index in [1.807, 2.05) is 31.2 Å². The Balaban J connectivity index is 1.66. The summed E-state index contributed by atoms with van der Waals surface area (Å²) < 4.78 is 7.12. The molecule has 2 aromatic heterocycles. The van der Waals surface area contributed by atoms with Crippen LogP contribution in [0.5, 0.6) is 5.75 Å². The minimum Gasteiger partial charge on any atom is -0.497 e. The van der Waals surface area contributed by atoms with Gasteiger partial charge in [-0.1, -0.05) is 13.8 Å². The first-order chi connectivity index (χ1) is 18.6. The molecule has 0 radical (unpaired) electrons. The van der Waals surface area contributed by atoms with Gasteiger partial charge >= 0.3 is 0 Å². The van der Waals surface area contributed by atoms with Gasteiger partial charge in [-0.2, -0.15) is 5.10 Å². The molecule has 1 aliphatic rings. The van der Waals surface area contributed by atoms with Crippen molar-refractivity contribution >= 4 is 28.6 Å². The summed E-state index contributed by atoms with van der Waals surface area (Å²) in [5, 5.41) is 8.59. The number of benzene rings is 1. The Bertz CT molecular complexity index is 1340. The van der Waals surface area contributed by atoms with Crippen LogP contribution in [0.3, 0.4) is 0 Å². The maximum absolute atomic E-state index is 13.7. The molecule has 0 saturated carbocycles. The van der Waals surface area contributed by atoms with Gasteiger partial charge in [-0.25, -0.2) is 9.67 Å². The zero-order valence-electron chi connectivity index (χ0n) is 23.7. The monoisotopic (exact) mass is 537 g/mol. The van der Waals surface area contributed by atoms with Gasteiger partial charge in [0.15, 0.2) is 0 Å². The van der Waals surface area contributed by atoms with E-state index >= 15 is 0 Å². The average molecular weight is 538 g/mol. The number of likely N-dealkylation sites (N-methyl/N-ethyl adjacent to an activating group) is 1. The summed E-state index contributed by atoms with van der Waals surface area (Å²) in [6, 6.07) is 6.42. The van der Waals surface area contributed by atoms with E-state index in [9.17, 15) is 14.4 Å². The Hall–Kier alpha value is -3.89. The van der Waals surface area contributed by atoms with Crippen molar-refractivity contribution in [1.82, 2.24) is 34.9 Å². The van der Waals surface area contributed by atoms with Crippen molar-refractivity contribution in [3.05, 3.63) is 41.6 Å². The maximum Gasteiger partial charge on any atom is 0.270 e. The Morgan fingerprint density at radius 3 is 2.67 bits per heavy atom. The quantitative estimate of drug-likeness (QED) is 0.527. The molecule has 0 saturated heterocycles. The van der Waals surface area contributed by atoms with E-state index in [0.717, 1.165) is 10.9 Å². The molecule has 1 aromatic carbocycles. The third-order valence-corrected chi connectivity index (χ3v) is 7.24. The van der Waals surface area contributed by atoms with Crippen LogP contribution in [-0.2, 0) is 16.1 Å². The Morgan fingerprint density at radius 2 is 1.95 bits per heavy atom. The lowest BCUT2D eigenvalue weighted by Gasteiger charge is -2.29. The van der Waals surface area contributed by atoms with E-state index in [1.54, 1.807) is 30.7 Å². The van der Waals surface area contributed by atoms with Crippen molar-refractivity contribution in [1.29, 1.82) is 0 Å². The lowest BCUT2D eigenvalue weighted by molar-refractivity contribution is -0.138. The Labute approximate surface area is 228 Å². The number of nitrogens with zero attached hydrogens (tertiary/aromatic N) is 5. The van der Waals surface area contributed by atoms with Crippen molar-refractivity contribution in [2.24, 2.45) is 5.92 Å². The van der Waals surface area contributed by atoms with Gasteiger partial charge in [-0.3, -0.25) is 14.4 Å². The number of fused-ring (bicyclic) bond motifs is 2. The van der Waals surface area contributed by atoms with Crippen molar-refractivity contribution in [2.45, 2.75) is 65.6 Å². The van der Waals surface area contributed by atoms with E-state index in [0.29, 0.717) is 55.6 Å². The molecule has 1 aliphatic heterocycles. The summed E-state index contributed by atoms with van der Waals surface area (Å²) in [6.45, 7) is 8.87. The predicted molar refractivity (Wildman–Crippen MR) is 147 cm³/mol. The molecule has 0 fully saturated rings. The molecule has 3 heterocycles. The molecule has 210 valence electrons. The zero-order valence-corrected chi connectivity index (χ0v) is 23.7. The summed E-state index contributed by atoms with van der Waals surface area (Å²) in [6.07, 6.45) is 1.36. The fourth-order valence-electron chi connectivity index (χ4n) is 4.93. The van der Waals surface area contributed by atoms with Crippen LogP contribution in [-0.4, -0.2) is 80.6 Å². The number of amides is 3. The highest BCUT2D eigenvalue weighted by Gasteiger charge is 2.29. The molecule has 39 heavy (non-hydrogen) atoms. The molecule has 4 rings (SSSR count). The average Bonchev–Trinajstić information content (AvgIpc) is 3.50. The molecule has 11 heteroatoms. The maximum atomic E-state index is 13.7. The Morgan fingerprint density at radius 1 is 1.18 bits per heavy atom. The van der Waals surface area contributed by atoms with E-state index in [1.165, 1.54) is 4.90 Å². The molecule has 2 N–H and O–H groups in total. The predicted octanol–water partition coefficient (Wildman–Crippen LogP) is 3.06. The molecule has 3 amide bonds. The lowest BCUT2D eigenvalue weighted by Crippen LogP contribution is -2.47. The molecule has 0 spiro atoms. The topological polar surface area (TPSA) is 125 Å². The van der Waals surface area contributed by atoms with Gasteiger partial charge in [0.05, 0.1) is 19.7 Å². The standard InChI is InChI=1S/C28H39N7O4/c1-17(2)14-23-26-29-19(4)32-35(26)13-12-34(11-7-8-25(36)33(5)18(3)27(37)31-23)28(38)24-16-20-15-21(39-6)9-10-22(20)30-24/h9-10,15-18,23,30H,7-8,11-14H2,1-6H3,(H,31,37)/t18-,23+/m0/s1. The van der Waals surface area contributed by atoms with Gasteiger partial charge in [0, 0.05) is 37.5 Å². The fourth-order valence-corrected chi connectivity index (χ4v) is 4.93. The highest BCUT2D eigenvalue weighted by Crippen LogP contribution is 2.24. The lowest BCUT2D eigenvalue weighted by atomic mass is 10.0. The first-order valence-corrected chi connectivity index (χ1v) is 13.5. The fraction of sp³-hybridized carbons (Fsp3) is 0.536. The second kappa shape index (κ2) is 11.9. The molecular formula is C28H39N7O4. The number of carbonyl (C=O) groups excluding carboxylic acids is 3. The number of carbonyl (C=O) groups is 3. The normalized spacial score (nSPS) is 19.7. The third-order valence-electron chi connectivity index (χ3n) is 7.24. The second-order valence-corrected chi connectivity index (χ2v) is 10.6. The minimum atomic E-state index is -0.645.